The Morgan fingerprint density at radius 1 is 1.03 bits per heavy atom. The molecule has 0 heterocycles. The van der Waals surface area contributed by atoms with Gasteiger partial charge < -0.3 is 30.1 Å². The molecule has 4 fully saturated rings. The Labute approximate surface area is 250 Å². The average molecular weight is 571 g/mol. The van der Waals surface area contributed by atoms with Gasteiger partial charge >= 0.3 is 29.6 Å². The number of hydrogen-bond acceptors (Lipinski definition) is 9. The van der Waals surface area contributed by atoms with Crippen LogP contribution in [0, 0.1) is 52.3 Å². The van der Waals surface area contributed by atoms with Gasteiger partial charge in [0.25, 0.3) is 0 Å². The minimum Gasteiger partial charge on any atom is -0.726 e. The van der Waals surface area contributed by atoms with Gasteiger partial charge in [-0.3, -0.25) is 4.18 Å². The molecule has 0 saturated heterocycles. The first kappa shape index (κ1) is 33.2. The van der Waals surface area contributed by atoms with E-state index >= 15 is 0 Å². The fraction of sp³-hybridized carbons (Fsp3) is 1.00. The second-order valence-corrected chi connectivity index (χ2v) is 14.3. The Morgan fingerprint density at radius 3 is 2.34 bits per heavy atom. The van der Waals surface area contributed by atoms with E-state index in [1.807, 2.05) is 0 Å². The van der Waals surface area contributed by atoms with Crippen molar-refractivity contribution in [1.29, 1.82) is 0 Å². The Balaban J connectivity index is 0.00000400. The van der Waals surface area contributed by atoms with E-state index in [1.165, 1.54) is 0 Å². The first-order valence-corrected chi connectivity index (χ1v) is 15.5. The van der Waals surface area contributed by atoms with Crippen LogP contribution in [-0.4, -0.2) is 76.1 Å². The van der Waals surface area contributed by atoms with Gasteiger partial charge in [0.05, 0.1) is 37.6 Å². The summed E-state index contributed by atoms with van der Waals surface area (Å²) in [6.07, 6.45) is 4.42. The predicted molar refractivity (Wildman–Crippen MR) is 135 cm³/mol. The molecule has 38 heavy (non-hydrogen) atoms. The van der Waals surface area contributed by atoms with E-state index in [4.69, 9.17) is 0 Å². The van der Waals surface area contributed by atoms with Crippen LogP contribution in [0.5, 0.6) is 0 Å². The SMILES string of the molecule is C[C@H](CC[C@@H](O)[C@H](CO)COS(=O)(=O)[O-])[C@H]1CC[C@H]2[C@@H]3[C@H](O)C[C@@H]4C[C@H](O)CC[C@]4(C)[C@H]3C[C@H](O)[C@]12C.[Na+]. The molecule has 5 N–H and O–H groups in total. The summed E-state index contributed by atoms with van der Waals surface area (Å²) >= 11 is 0. The van der Waals surface area contributed by atoms with E-state index in [0.29, 0.717) is 25.7 Å². The monoisotopic (exact) mass is 570 g/mol. The fourth-order valence-corrected chi connectivity index (χ4v) is 9.80. The minimum atomic E-state index is -4.90. The van der Waals surface area contributed by atoms with E-state index in [9.17, 15) is 38.5 Å². The standard InChI is InChI=1S/C27H48O9S.Na/c1-15(4-7-22(30)16(13-28)14-36-37(33,34)35)19-5-6-20-25-21(12-24(32)27(19,20)3)26(2)9-8-18(29)10-17(26)11-23(25)31;/h15-25,28-32H,4-14H2,1-3H3,(H,33,34,35);/q;+1/p-1/t15-,16-,17+,18-,19-,20+,21+,22-,23-,24+,25+,26+,27-;/m1./s1. The van der Waals surface area contributed by atoms with Crippen LogP contribution in [-0.2, 0) is 14.6 Å². The molecule has 4 saturated carbocycles. The third-order valence-corrected chi connectivity index (χ3v) is 12.1. The summed E-state index contributed by atoms with van der Waals surface area (Å²) in [6, 6.07) is 0. The van der Waals surface area contributed by atoms with Crippen LogP contribution >= 0.6 is 0 Å². The Hall–Kier alpha value is 0.670. The van der Waals surface area contributed by atoms with E-state index in [-0.39, 0.29) is 82.0 Å². The maximum atomic E-state index is 11.7. The maximum Gasteiger partial charge on any atom is 1.00 e. The van der Waals surface area contributed by atoms with Crippen LogP contribution in [0.4, 0.5) is 0 Å². The summed E-state index contributed by atoms with van der Waals surface area (Å²) in [5, 5.41) is 53.4. The summed E-state index contributed by atoms with van der Waals surface area (Å²) in [7, 11) is -4.90. The molecule has 0 aliphatic heterocycles. The molecule has 0 bridgehead atoms. The van der Waals surface area contributed by atoms with Crippen molar-refractivity contribution in [3.8, 4) is 0 Å². The molecular weight excluding hydrogens is 523 g/mol. The van der Waals surface area contributed by atoms with E-state index < -0.39 is 47.8 Å². The average Bonchev–Trinajstić information content (AvgIpc) is 3.17. The van der Waals surface area contributed by atoms with Crippen molar-refractivity contribution in [2.24, 2.45) is 52.3 Å². The van der Waals surface area contributed by atoms with Crippen molar-refractivity contribution in [3.05, 3.63) is 0 Å². The van der Waals surface area contributed by atoms with Crippen LogP contribution in [0.3, 0.4) is 0 Å². The second-order valence-electron chi connectivity index (χ2n) is 13.3. The topological polar surface area (TPSA) is 168 Å². The molecule has 0 aromatic carbocycles. The zero-order valence-corrected chi connectivity index (χ0v) is 26.2. The smallest absolute Gasteiger partial charge is 0.726 e. The number of fused-ring (bicyclic) bond motifs is 5. The van der Waals surface area contributed by atoms with Crippen molar-refractivity contribution < 1.29 is 72.2 Å². The van der Waals surface area contributed by atoms with Crippen molar-refractivity contribution >= 4 is 10.4 Å². The molecule has 4 aliphatic rings. The maximum absolute atomic E-state index is 11.7. The minimum absolute atomic E-state index is 0. The van der Waals surface area contributed by atoms with Gasteiger partial charge in [-0.15, -0.1) is 0 Å². The van der Waals surface area contributed by atoms with E-state index in [2.05, 4.69) is 25.0 Å². The van der Waals surface area contributed by atoms with E-state index in [0.717, 1.165) is 32.1 Å². The van der Waals surface area contributed by atoms with Gasteiger partial charge in [-0.2, -0.15) is 0 Å². The number of hydrogen-bond donors (Lipinski definition) is 5. The molecule has 0 radical (unpaired) electrons. The van der Waals surface area contributed by atoms with Gasteiger partial charge in [0.15, 0.2) is 0 Å². The number of rotatable bonds is 9. The van der Waals surface area contributed by atoms with Crippen LogP contribution in [0.25, 0.3) is 0 Å². The number of aliphatic hydroxyl groups excluding tert-OH is 5. The third kappa shape index (κ3) is 6.21. The first-order chi connectivity index (χ1) is 17.2. The molecule has 0 unspecified atom stereocenters. The normalized spacial score (nSPS) is 45.2. The second kappa shape index (κ2) is 12.5. The Morgan fingerprint density at radius 2 is 1.71 bits per heavy atom. The summed E-state index contributed by atoms with van der Waals surface area (Å²) in [5.41, 5.74) is -0.321. The zero-order chi connectivity index (χ0) is 27.3. The van der Waals surface area contributed by atoms with E-state index in [1.54, 1.807) is 0 Å². The van der Waals surface area contributed by atoms with Crippen molar-refractivity contribution in [3.63, 3.8) is 0 Å². The van der Waals surface area contributed by atoms with Gasteiger partial charge in [-0.25, -0.2) is 8.42 Å². The van der Waals surface area contributed by atoms with Crippen LogP contribution in [0.2, 0.25) is 0 Å². The third-order valence-electron chi connectivity index (χ3n) is 11.6. The molecule has 4 rings (SSSR count). The quantitative estimate of drug-likeness (QED) is 0.130. The predicted octanol–water partition coefficient (Wildman–Crippen LogP) is -1.19. The van der Waals surface area contributed by atoms with Crippen LogP contribution in [0.1, 0.15) is 78.6 Å². The fourth-order valence-electron chi connectivity index (χ4n) is 9.46. The summed E-state index contributed by atoms with van der Waals surface area (Å²) in [6.45, 7) is 5.56. The van der Waals surface area contributed by atoms with Gasteiger partial charge in [0, 0.05) is 5.92 Å². The molecule has 0 aromatic heterocycles. The molecule has 0 spiro atoms. The van der Waals surface area contributed by atoms with Gasteiger partial charge in [-0.1, -0.05) is 20.8 Å². The molecular formula is C27H47NaO9S. The Bertz CT molecular complexity index is 905. The largest absolute Gasteiger partial charge is 1.00 e. The Kier molecular flexibility index (Phi) is 10.9. The molecule has 0 aromatic rings. The molecule has 0 amide bonds. The van der Waals surface area contributed by atoms with Crippen molar-refractivity contribution in [2.45, 2.75) is 103 Å². The molecule has 11 heteroatoms. The molecule has 9 nitrogen and oxygen atoms in total. The van der Waals surface area contributed by atoms with Gasteiger partial charge in [0.2, 0.25) is 10.4 Å². The molecule has 4 aliphatic carbocycles. The first-order valence-electron chi connectivity index (χ1n) is 14.2. The van der Waals surface area contributed by atoms with Gasteiger partial charge in [0.1, 0.15) is 0 Å². The molecule has 13 atom stereocenters. The summed E-state index contributed by atoms with van der Waals surface area (Å²) in [4.78, 5) is 0. The van der Waals surface area contributed by atoms with Crippen molar-refractivity contribution in [1.82, 2.24) is 0 Å². The van der Waals surface area contributed by atoms with Crippen LogP contribution in [0.15, 0.2) is 0 Å². The number of aliphatic hydroxyl groups is 5. The zero-order valence-electron chi connectivity index (χ0n) is 23.4. The van der Waals surface area contributed by atoms with Crippen molar-refractivity contribution in [2.75, 3.05) is 13.2 Å². The summed E-state index contributed by atoms with van der Waals surface area (Å²) < 4.78 is 36.5. The van der Waals surface area contributed by atoms with Crippen LogP contribution < -0.4 is 29.6 Å². The van der Waals surface area contributed by atoms with Gasteiger partial charge in [-0.05, 0) is 104 Å². The molecule has 216 valence electrons. The summed E-state index contributed by atoms with van der Waals surface area (Å²) in [5.74, 6) is 0.355.